The van der Waals surface area contributed by atoms with Crippen LogP contribution in [0.3, 0.4) is 0 Å². The first-order valence-electron chi connectivity index (χ1n) is 4.81. The van der Waals surface area contributed by atoms with Gasteiger partial charge in [-0.2, -0.15) is 0 Å². The van der Waals surface area contributed by atoms with E-state index in [0.717, 1.165) is 12.8 Å². The van der Waals surface area contributed by atoms with Crippen molar-refractivity contribution in [1.29, 1.82) is 0 Å². The summed E-state index contributed by atoms with van der Waals surface area (Å²) in [5, 5.41) is 0. The average Bonchev–Trinajstić information content (AvgIpc) is 2.04. The third kappa shape index (κ3) is 3.77. The van der Waals surface area contributed by atoms with Crippen LogP contribution >= 0.6 is 7.60 Å². The quantitative estimate of drug-likeness (QED) is 0.611. The Morgan fingerprint density at radius 1 is 1.31 bits per heavy atom. The Kier molecular flexibility index (Phi) is 3.92. The van der Waals surface area contributed by atoms with Crippen LogP contribution in [0.4, 0.5) is 0 Å². The van der Waals surface area contributed by atoms with Gasteiger partial charge in [0.2, 0.25) is 0 Å². The van der Waals surface area contributed by atoms with Crippen LogP contribution in [0.2, 0.25) is 0 Å². The first kappa shape index (κ1) is 11.2. The lowest BCUT2D eigenvalue weighted by Gasteiger charge is -2.24. The molecular formula is C8H18NO3P. The van der Waals surface area contributed by atoms with E-state index in [1.165, 1.54) is 19.3 Å². The summed E-state index contributed by atoms with van der Waals surface area (Å²) >= 11 is 0. The van der Waals surface area contributed by atoms with E-state index >= 15 is 0 Å². The summed E-state index contributed by atoms with van der Waals surface area (Å²) < 4.78 is 10.8. The zero-order valence-corrected chi connectivity index (χ0v) is 8.62. The van der Waals surface area contributed by atoms with E-state index in [1.54, 1.807) is 0 Å². The van der Waals surface area contributed by atoms with Gasteiger partial charge in [0, 0.05) is 0 Å². The third-order valence-electron chi connectivity index (χ3n) is 2.73. The summed E-state index contributed by atoms with van der Waals surface area (Å²) in [6.45, 7) is 0. The van der Waals surface area contributed by atoms with Crippen molar-refractivity contribution in [3.63, 3.8) is 0 Å². The van der Waals surface area contributed by atoms with Crippen LogP contribution < -0.4 is 5.73 Å². The van der Waals surface area contributed by atoms with Crippen LogP contribution in [0.1, 0.15) is 38.5 Å². The van der Waals surface area contributed by atoms with Gasteiger partial charge >= 0.3 is 7.60 Å². The fraction of sp³-hybridized carbons (Fsp3) is 1.00. The minimum atomic E-state index is -4.05. The predicted molar refractivity (Wildman–Crippen MR) is 51.2 cm³/mol. The lowest BCUT2D eigenvalue weighted by molar-refractivity contribution is 0.306. The van der Waals surface area contributed by atoms with Gasteiger partial charge in [0.1, 0.15) is 5.78 Å². The molecule has 13 heavy (non-hydrogen) atoms. The number of rotatable bonds is 3. The Bertz CT molecular complexity index is 198. The Hall–Kier alpha value is 0.110. The molecule has 0 spiro atoms. The van der Waals surface area contributed by atoms with Crippen molar-refractivity contribution in [2.24, 2.45) is 11.7 Å². The molecule has 0 saturated heterocycles. The highest BCUT2D eigenvalue weighted by molar-refractivity contribution is 7.52. The van der Waals surface area contributed by atoms with E-state index in [0.29, 0.717) is 12.3 Å². The fourth-order valence-electron chi connectivity index (χ4n) is 1.90. The third-order valence-corrected chi connectivity index (χ3v) is 3.81. The lowest BCUT2D eigenvalue weighted by atomic mass is 9.87. The van der Waals surface area contributed by atoms with Crippen LogP contribution in [0, 0.1) is 5.92 Å². The molecule has 0 aliphatic heterocycles. The molecule has 78 valence electrons. The van der Waals surface area contributed by atoms with Crippen LogP contribution in [0.25, 0.3) is 0 Å². The van der Waals surface area contributed by atoms with Gasteiger partial charge < -0.3 is 15.5 Å². The second kappa shape index (κ2) is 4.56. The molecule has 0 aromatic heterocycles. The minimum absolute atomic E-state index is 0.427. The highest BCUT2D eigenvalue weighted by Gasteiger charge is 2.28. The average molecular weight is 207 g/mol. The summed E-state index contributed by atoms with van der Waals surface area (Å²) in [5.74, 6) is -0.521. The van der Waals surface area contributed by atoms with Gasteiger partial charge in [-0.15, -0.1) is 0 Å². The van der Waals surface area contributed by atoms with Gasteiger partial charge in [0.05, 0.1) is 0 Å². The summed E-state index contributed by atoms with van der Waals surface area (Å²) in [6.07, 6.45) is 6.24. The van der Waals surface area contributed by atoms with Crippen molar-refractivity contribution in [3.8, 4) is 0 Å². The highest BCUT2D eigenvalue weighted by Crippen LogP contribution is 2.42. The Morgan fingerprint density at radius 3 is 2.31 bits per heavy atom. The molecule has 4 N–H and O–H groups in total. The molecule has 0 aromatic rings. The summed E-state index contributed by atoms with van der Waals surface area (Å²) in [7, 11) is -4.05. The largest absolute Gasteiger partial charge is 0.342 e. The second-order valence-electron chi connectivity index (χ2n) is 3.90. The van der Waals surface area contributed by atoms with E-state index in [4.69, 9.17) is 15.5 Å². The van der Waals surface area contributed by atoms with Crippen LogP contribution in [0.15, 0.2) is 0 Å². The molecule has 1 aliphatic rings. The van der Waals surface area contributed by atoms with Gasteiger partial charge in [-0.1, -0.05) is 32.1 Å². The van der Waals surface area contributed by atoms with Gasteiger partial charge in [-0.25, -0.2) is 0 Å². The summed E-state index contributed by atoms with van der Waals surface area (Å²) in [6, 6.07) is 0. The van der Waals surface area contributed by atoms with E-state index in [9.17, 15) is 4.57 Å². The topological polar surface area (TPSA) is 83.6 Å². The fourth-order valence-corrected chi connectivity index (χ4v) is 2.47. The zero-order chi connectivity index (χ0) is 9.90. The van der Waals surface area contributed by atoms with Gasteiger partial charge in [0.25, 0.3) is 0 Å². The second-order valence-corrected chi connectivity index (χ2v) is 5.74. The molecule has 1 aliphatic carbocycles. The lowest BCUT2D eigenvalue weighted by Crippen LogP contribution is -2.24. The van der Waals surface area contributed by atoms with Crippen molar-refractivity contribution in [2.75, 3.05) is 0 Å². The molecule has 5 heteroatoms. The van der Waals surface area contributed by atoms with Crippen LogP contribution in [-0.2, 0) is 4.57 Å². The smallest absolute Gasteiger partial charge is 0.323 e. The number of hydrogen-bond acceptors (Lipinski definition) is 2. The standard InChI is InChI=1S/C8H18NO3P/c9-8(13(10,11)12)6-7-4-2-1-3-5-7/h7-8H,1-6,9H2,(H2,10,11,12)/t8-/m1/s1. The Morgan fingerprint density at radius 2 is 1.85 bits per heavy atom. The van der Waals surface area contributed by atoms with Gasteiger partial charge in [-0.3, -0.25) is 4.57 Å². The van der Waals surface area contributed by atoms with Crippen molar-refractivity contribution in [1.82, 2.24) is 0 Å². The molecule has 0 heterocycles. The first-order chi connectivity index (χ1) is 6.00. The van der Waals surface area contributed by atoms with Gasteiger partial charge in [-0.05, 0) is 12.3 Å². The molecule has 1 fully saturated rings. The van der Waals surface area contributed by atoms with Crippen molar-refractivity contribution in [2.45, 2.75) is 44.3 Å². The Labute approximate surface area is 78.7 Å². The molecule has 0 aromatic carbocycles. The molecule has 0 unspecified atom stereocenters. The van der Waals surface area contributed by atoms with Crippen molar-refractivity contribution >= 4 is 7.60 Å². The summed E-state index contributed by atoms with van der Waals surface area (Å²) in [5.41, 5.74) is 5.42. The van der Waals surface area contributed by atoms with Crippen LogP contribution in [-0.4, -0.2) is 15.6 Å². The minimum Gasteiger partial charge on any atom is -0.323 e. The first-order valence-corrected chi connectivity index (χ1v) is 6.49. The normalized spacial score (nSPS) is 23.0. The molecule has 0 bridgehead atoms. The molecule has 0 radical (unpaired) electrons. The highest BCUT2D eigenvalue weighted by atomic mass is 31.2. The molecule has 0 amide bonds. The maximum Gasteiger partial charge on any atom is 0.342 e. The van der Waals surface area contributed by atoms with Crippen LogP contribution in [0.5, 0.6) is 0 Å². The maximum atomic E-state index is 10.8. The molecular weight excluding hydrogens is 189 g/mol. The maximum absolute atomic E-state index is 10.8. The molecule has 4 nitrogen and oxygen atoms in total. The van der Waals surface area contributed by atoms with E-state index in [-0.39, 0.29) is 0 Å². The zero-order valence-electron chi connectivity index (χ0n) is 7.72. The molecule has 1 atom stereocenters. The van der Waals surface area contributed by atoms with Gasteiger partial charge in [0.15, 0.2) is 0 Å². The number of nitrogens with two attached hydrogens (primary N) is 1. The van der Waals surface area contributed by atoms with Crippen molar-refractivity contribution < 1.29 is 14.4 Å². The predicted octanol–water partition coefficient (Wildman–Crippen LogP) is 1.42. The monoisotopic (exact) mass is 207 g/mol. The van der Waals surface area contributed by atoms with E-state index in [1.807, 2.05) is 0 Å². The number of hydrogen-bond donors (Lipinski definition) is 3. The van der Waals surface area contributed by atoms with E-state index in [2.05, 4.69) is 0 Å². The molecule has 1 rings (SSSR count). The Balaban J connectivity index is 2.34. The van der Waals surface area contributed by atoms with Crippen molar-refractivity contribution in [3.05, 3.63) is 0 Å². The van der Waals surface area contributed by atoms with E-state index < -0.39 is 13.4 Å². The SMILES string of the molecule is N[C@@H](CC1CCCCC1)P(=O)(O)O. The molecule has 1 saturated carbocycles. The summed E-state index contributed by atoms with van der Waals surface area (Å²) in [4.78, 5) is 17.6.